The molecule has 0 unspecified atom stereocenters. The van der Waals surface area contributed by atoms with Crippen molar-refractivity contribution in [3.8, 4) is 0 Å². The summed E-state index contributed by atoms with van der Waals surface area (Å²) in [7, 11) is 0. The molecule has 0 fully saturated rings. The van der Waals surface area contributed by atoms with Crippen LogP contribution in [0.3, 0.4) is 0 Å². The maximum atomic E-state index is 12.1. The number of hydrogen-bond donors (Lipinski definition) is 0. The van der Waals surface area contributed by atoms with Gasteiger partial charge >= 0.3 is 11.9 Å². The topological polar surface area (TPSA) is 56.0 Å². The van der Waals surface area contributed by atoms with Crippen molar-refractivity contribution >= 4 is 28.3 Å². The molecule has 1 aromatic heterocycles. The number of pyridine rings is 1. The molecular formula is C6H2F3IN2O2. The van der Waals surface area contributed by atoms with Crippen LogP contribution in [-0.2, 0) is 6.18 Å². The van der Waals surface area contributed by atoms with Gasteiger partial charge in [0.05, 0.1) is 10.5 Å². The molecule has 1 aromatic rings. The molecule has 1 heterocycles. The molecule has 0 aromatic carbocycles. The van der Waals surface area contributed by atoms with E-state index in [0.717, 1.165) is 0 Å². The Kier molecular flexibility index (Phi) is 2.92. The van der Waals surface area contributed by atoms with Crippen molar-refractivity contribution in [2.24, 2.45) is 0 Å². The van der Waals surface area contributed by atoms with Crippen molar-refractivity contribution in [1.82, 2.24) is 4.98 Å². The van der Waals surface area contributed by atoms with E-state index in [1.54, 1.807) is 0 Å². The van der Waals surface area contributed by atoms with Crippen LogP contribution in [0.5, 0.6) is 0 Å². The molecule has 4 nitrogen and oxygen atoms in total. The lowest BCUT2D eigenvalue weighted by Gasteiger charge is -2.05. The van der Waals surface area contributed by atoms with Crippen molar-refractivity contribution in [3.05, 3.63) is 31.6 Å². The van der Waals surface area contributed by atoms with E-state index in [0.29, 0.717) is 12.3 Å². The zero-order valence-electron chi connectivity index (χ0n) is 6.38. The van der Waals surface area contributed by atoms with Gasteiger partial charge in [-0.25, -0.2) is 4.98 Å². The number of halogens is 4. The maximum absolute atomic E-state index is 12.1. The van der Waals surface area contributed by atoms with Crippen molar-refractivity contribution < 1.29 is 18.1 Å². The van der Waals surface area contributed by atoms with E-state index in [-0.39, 0.29) is 3.70 Å². The molecule has 0 spiro atoms. The number of alkyl halides is 3. The molecule has 8 heteroatoms. The number of rotatable bonds is 1. The highest BCUT2D eigenvalue weighted by atomic mass is 127. The van der Waals surface area contributed by atoms with Crippen LogP contribution in [-0.4, -0.2) is 9.91 Å². The Bertz CT molecular complexity index is 380. The first-order chi connectivity index (χ1) is 6.32. The van der Waals surface area contributed by atoms with Gasteiger partial charge in [-0.1, -0.05) is 0 Å². The van der Waals surface area contributed by atoms with Gasteiger partial charge in [0.25, 0.3) is 0 Å². The summed E-state index contributed by atoms with van der Waals surface area (Å²) in [6.07, 6.45) is -4.04. The fourth-order valence-corrected chi connectivity index (χ4v) is 1.21. The minimum absolute atomic E-state index is 0.0689. The van der Waals surface area contributed by atoms with E-state index in [1.165, 1.54) is 22.6 Å². The number of hydrogen-bond acceptors (Lipinski definition) is 3. The Hall–Kier alpha value is -0.930. The van der Waals surface area contributed by atoms with Crippen LogP contribution < -0.4 is 0 Å². The molecule has 0 bridgehead atoms. The standard InChI is InChI=1S/C6H2F3IN2O2/c7-6(8,9)3-1-4(12(13)14)5(10)11-2-3/h1-2H. The summed E-state index contributed by atoms with van der Waals surface area (Å²) in [6.45, 7) is 0. The molecule has 0 aliphatic carbocycles. The molecule has 0 aliphatic heterocycles. The van der Waals surface area contributed by atoms with Crippen LogP contribution in [0.4, 0.5) is 18.9 Å². The van der Waals surface area contributed by atoms with Crippen LogP contribution >= 0.6 is 22.6 Å². The largest absolute Gasteiger partial charge is 0.418 e. The van der Waals surface area contributed by atoms with E-state index >= 15 is 0 Å². The summed E-state index contributed by atoms with van der Waals surface area (Å²) < 4.78 is 36.2. The number of nitrogens with zero attached hydrogens (tertiary/aromatic N) is 2. The third-order valence-corrected chi connectivity index (χ3v) is 2.18. The molecule has 76 valence electrons. The summed E-state index contributed by atoms with van der Waals surface area (Å²) in [5, 5.41) is 10.3. The quantitative estimate of drug-likeness (QED) is 0.346. The average Bonchev–Trinajstić information content (AvgIpc) is 2.02. The van der Waals surface area contributed by atoms with Crippen LogP contribution in [0.2, 0.25) is 0 Å². The van der Waals surface area contributed by atoms with Crippen molar-refractivity contribution in [2.75, 3.05) is 0 Å². The lowest BCUT2D eigenvalue weighted by molar-refractivity contribution is -0.386. The highest BCUT2D eigenvalue weighted by Gasteiger charge is 2.33. The molecule has 0 saturated heterocycles. The van der Waals surface area contributed by atoms with E-state index < -0.39 is 22.4 Å². The van der Waals surface area contributed by atoms with Crippen LogP contribution in [0.25, 0.3) is 0 Å². The van der Waals surface area contributed by atoms with Gasteiger partial charge in [-0.2, -0.15) is 13.2 Å². The molecule has 0 saturated carbocycles. The van der Waals surface area contributed by atoms with Crippen molar-refractivity contribution in [1.29, 1.82) is 0 Å². The Balaban J connectivity index is 3.27. The first-order valence-electron chi connectivity index (χ1n) is 3.19. The second-order valence-corrected chi connectivity index (χ2v) is 3.31. The lowest BCUT2D eigenvalue weighted by atomic mass is 10.2. The second kappa shape index (κ2) is 3.67. The van der Waals surface area contributed by atoms with E-state index in [2.05, 4.69) is 4.98 Å². The Morgan fingerprint density at radius 3 is 2.50 bits per heavy atom. The fraction of sp³-hybridized carbons (Fsp3) is 0.167. The van der Waals surface area contributed by atoms with Gasteiger partial charge in [0, 0.05) is 12.3 Å². The molecule has 0 atom stereocenters. The number of nitro groups is 1. The van der Waals surface area contributed by atoms with Crippen molar-refractivity contribution in [2.45, 2.75) is 6.18 Å². The highest BCUT2D eigenvalue weighted by Crippen LogP contribution is 2.31. The molecule has 14 heavy (non-hydrogen) atoms. The van der Waals surface area contributed by atoms with Crippen LogP contribution in [0.1, 0.15) is 5.56 Å². The molecule has 0 aliphatic rings. The molecule has 0 N–H and O–H groups in total. The van der Waals surface area contributed by atoms with Crippen LogP contribution in [0, 0.1) is 13.8 Å². The maximum Gasteiger partial charge on any atom is 0.418 e. The summed E-state index contributed by atoms with van der Waals surface area (Å²) in [4.78, 5) is 12.7. The molecular weight excluding hydrogens is 316 g/mol. The first kappa shape index (κ1) is 11.1. The minimum atomic E-state index is -4.61. The van der Waals surface area contributed by atoms with Gasteiger partial charge in [0.2, 0.25) is 0 Å². The first-order valence-corrected chi connectivity index (χ1v) is 4.27. The normalized spacial score (nSPS) is 11.4. The zero-order chi connectivity index (χ0) is 10.9. The van der Waals surface area contributed by atoms with Crippen molar-refractivity contribution in [3.63, 3.8) is 0 Å². The SMILES string of the molecule is O=[N+]([O-])c1cc(C(F)(F)F)cnc1I. The van der Waals surface area contributed by atoms with Crippen LogP contribution in [0.15, 0.2) is 12.3 Å². The summed E-state index contributed by atoms with van der Waals surface area (Å²) >= 11 is 1.50. The minimum Gasteiger partial charge on any atom is -0.258 e. The molecule has 0 radical (unpaired) electrons. The summed E-state index contributed by atoms with van der Waals surface area (Å²) in [6, 6.07) is 0.467. The summed E-state index contributed by atoms with van der Waals surface area (Å²) in [5.74, 6) is 0. The highest BCUT2D eigenvalue weighted by molar-refractivity contribution is 14.1. The van der Waals surface area contributed by atoms with Gasteiger partial charge < -0.3 is 0 Å². The monoisotopic (exact) mass is 318 g/mol. The molecule has 1 rings (SSSR count). The Morgan fingerprint density at radius 1 is 1.50 bits per heavy atom. The number of aromatic nitrogens is 1. The van der Waals surface area contributed by atoms with Gasteiger partial charge in [0.15, 0.2) is 3.70 Å². The predicted molar refractivity (Wildman–Crippen MR) is 48.6 cm³/mol. The third kappa shape index (κ3) is 2.30. The van der Waals surface area contributed by atoms with E-state index in [1.807, 2.05) is 0 Å². The fourth-order valence-electron chi connectivity index (χ4n) is 0.720. The third-order valence-electron chi connectivity index (χ3n) is 1.34. The molecule has 0 amide bonds. The van der Waals surface area contributed by atoms with Gasteiger partial charge in [-0.15, -0.1) is 0 Å². The van der Waals surface area contributed by atoms with Gasteiger partial charge in [-0.3, -0.25) is 10.1 Å². The van der Waals surface area contributed by atoms with Gasteiger partial charge in [0.1, 0.15) is 0 Å². The predicted octanol–water partition coefficient (Wildman–Crippen LogP) is 2.61. The van der Waals surface area contributed by atoms with E-state index in [9.17, 15) is 23.3 Å². The zero-order valence-corrected chi connectivity index (χ0v) is 8.53. The smallest absolute Gasteiger partial charge is 0.258 e. The van der Waals surface area contributed by atoms with E-state index in [4.69, 9.17) is 0 Å². The summed E-state index contributed by atoms with van der Waals surface area (Å²) in [5.41, 5.74) is -1.76. The van der Waals surface area contributed by atoms with Gasteiger partial charge in [-0.05, 0) is 22.6 Å². The Morgan fingerprint density at radius 2 is 2.07 bits per heavy atom. The Labute approximate surface area is 89.4 Å². The second-order valence-electron chi connectivity index (χ2n) is 2.29. The lowest BCUT2D eigenvalue weighted by Crippen LogP contribution is -2.07. The average molecular weight is 318 g/mol.